The number of hydrogen-bond donors (Lipinski definition) is 0. The van der Waals surface area contributed by atoms with Crippen molar-refractivity contribution in [3.63, 3.8) is 0 Å². The Morgan fingerprint density at radius 2 is 1.03 bits per heavy atom. The topological polar surface area (TPSA) is 4.93 Å². The van der Waals surface area contributed by atoms with E-state index in [1.165, 1.54) is 81.3 Å². The Morgan fingerprint density at radius 1 is 0.515 bits per heavy atom. The van der Waals surface area contributed by atoms with E-state index < -0.39 is 0 Å². The van der Waals surface area contributed by atoms with Crippen molar-refractivity contribution in [1.29, 1.82) is 0 Å². The van der Waals surface area contributed by atoms with E-state index in [2.05, 4.69) is 130 Å². The molecule has 0 fully saturated rings. The summed E-state index contributed by atoms with van der Waals surface area (Å²) in [5.74, 6) is 0. The molecule has 0 saturated heterocycles. The van der Waals surface area contributed by atoms with Crippen LogP contribution < -0.4 is 38.2 Å². The van der Waals surface area contributed by atoms with Gasteiger partial charge >= 0.3 is 0 Å². The summed E-state index contributed by atoms with van der Waals surface area (Å²) >= 11 is 3.92. The maximum atomic E-state index is 3.92. The smallest absolute Gasteiger partial charge is 0.141 e. The Kier molecular flexibility index (Phi) is 5.52. The molecule has 5 aromatic rings. The van der Waals surface area contributed by atoms with E-state index in [-0.39, 0.29) is 0 Å². The molecule has 5 rings (SSSR count). The molecular formula is C24H23B7BrN. The molecule has 0 bridgehead atoms. The number of rotatable bonds is 2. The van der Waals surface area contributed by atoms with Gasteiger partial charge in [-0.15, -0.1) is 5.46 Å². The van der Waals surface area contributed by atoms with Crippen LogP contribution in [0.1, 0.15) is 0 Å². The van der Waals surface area contributed by atoms with Gasteiger partial charge in [-0.05, 0) is 17.0 Å². The predicted octanol–water partition coefficient (Wildman–Crippen LogP) is -4.98. The van der Waals surface area contributed by atoms with Crippen LogP contribution in [-0.2, 0) is 0 Å². The Balaban J connectivity index is 2.11. The van der Waals surface area contributed by atoms with E-state index in [1.54, 1.807) is 0 Å². The highest BCUT2D eigenvalue weighted by atomic mass is 79.9. The number of fused-ring (bicyclic) bond motifs is 3. The molecule has 0 N–H and O–H groups in total. The number of nitrogens with zero attached hydrogens (tertiary/aromatic N) is 1. The number of benzene rings is 4. The van der Waals surface area contributed by atoms with Crippen molar-refractivity contribution in [3.05, 3.63) is 59.1 Å². The van der Waals surface area contributed by atoms with Crippen molar-refractivity contribution < 1.29 is 0 Å². The molecule has 9 heteroatoms. The number of halogens is 1. The van der Waals surface area contributed by atoms with E-state index in [9.17, 15) is 0 Å². The molecular weight excluding hydrogens is 458 g/mol. The van der Waals surface area contributed by atoms with Crippen LogP contribution >= 0.6 is 15.9 Å². The molecule has 0 aliphatic rings. The molecule has 1 nitrogen and oxygen atoms in total. The van der Waals surface area contributed by atoms with Gasteiger partial charge in [0.25, 0.3) is 0 Å². The summed E-state index contributed by atoms with van der Waals surface area (Å²) in [6.07, 6.45) is 0. The summed E-state index contributed by atoms with van der Waals surface area (Å²) in [5, 5.41) is 2.75. The van der Waals surface area contributed by atoms with Gasteiger partial charge in [0.1, 0.15) is 54.9 Å². The van der Waals surface area contributed by atoms with Crippen LogP contribution in [0.3, 0.4) is 0 Å². The summed E-state index contributed by atoms with van der Waals surface area (Å²) in [4.78, 5) is 0. The second-order valence-electron chi connectivity index (χ2n) is 9.35. The maximum absolute atomic E-state index is 3.92. The van der Waals surface area contributed by atoms with Gasteiger partial charge in [-0.3, -0.25) is 0 Å². The zero-order valence-electron chi connectivity index (χ0n) is 20.5. The van der Waals surface area contributed by atoms with Gasteiger partial charge in [0.15, 0.2) is 0 Å². The zero-order chi connectivity index (χ0) is 23.6. The van der Waals surface area contributed by atoms with Gasteiger partial charge in [-0.2, -0.15) is 0 Å². The number of hydrogen-bond acceptors (Lipinski definition) is 0. The standard InChI is InChI=1S/C24H23B7BrN/c25-15-13-14-16(26)22(32)19(29)21(31)24(14)33(23(13)20(30)18(28)17(15)27)12-9-5-4-8-11(12)10-6-2-1-3-7-10/h1-9H,25-31H2. The lowest BCUT2D eigenvalue weighted by Crippen LogP contribution is -2.48. The van der Waals surface area contributed by atoms with Crippen molar-refractivity contribution >= 4 is 131 Å². The fourth-order valence-corrected chi connectivity index (χ4v) is 5.94. The van der Waals surface area contributed by atoms with E-state index in [0.717, 1.165) is 0 Å². The van der Waals surface area contributed by atoms with E-state index in [0.29, 0.717) is 0 Å². The summed E-state index contributed by atoms with van der Waals surface area (Å²) in [5.41, 5.74) is 15.9. The third-order valence-electron chi connectivity index (χ3n) is 7.77. The van der Waals surface area contributed by atoms with Crippen molar-refractivity contribution in [2.45, 2.75) is 0 Å². The summed E-state index contributed by atoms with van der Waals surface area (Å²) < 4.78 is 3.77. The molecule has 1 heterocycles. The van der Waals surface area contributed by atoms with Gasteiger partial charge < -0.3 is 4.57 Å². The van der Waals surface area contributed by atoms with Gasteiger partial charge in [-0.25, -0.2) is 0 Å². The Hall–Kier alpha value is -2.39. The molecule has 0 radical (unpaired) electrons. The quantitative estimate of drug-likeness (QED) is 0.223. The van der Waals surface area contributed by atoms with Gasteiger partial charge in [0.05, 0.1) is 5.69 Å². The van der Waals surface area contributed by atoms with Crippen LogP contribution in [0.15, 0.2) is 59.1 Å². The average Bonchev–Trinajstić information content (AvgIpc) is 3.20. The molecule has 0 atom stereocenters. The molecule has 152 valence electrons. The lowest BCUT2D eigenvalue weighted by atomic mass is 9.65. The van der Waals surface area contributed by atoms with Crippen molar-refractivity contribution in [2.75, 3.05) is 0 Å². The summed E-state index contributed by atoms with van der Waals surface area (Å²) in [6, 6.07) is 19.6. The minimum absolute atomic E-state index is 1.22. The first-order valence-electron chi connectivity index (χ1n) is 11.6. The maximum Gasteiger partial charge on any atom is 0.141 e. The lowest BCUT2D eigenvalue weighted by molar-refractivity contribution is 1.19. The van der Waals surface area contributed by atoms with E-state index in [1.807, 2.05) is 0 Å². The Labute approximate surface area is 210 Å². The molecule has 4 aromatic carbocycles. The summed E-state index contributed by atoms with van der Waals surface area (Å²) in [6.45, 7) is 0. The van der Waals surface area contributed by atoms with Crippen LogP contribution in [0.4, 0.5) is 0 Å². The molecule has 0 saturated carbocycles. The van der Waals surface area contributed by atoms with Crippen molar-refractivity contribution in [3.8, 4) is 16.8 Å². The molecule has 0 aliphatic heterocycles. The van der Waals surface area contributed by atoms with Gasteiger partial charge in [0, 0.05) is 26.5 Å². The average molecular weight is 481 g/mol. The molecule has 0 spiro atoms. The van der Waals surface area contributed by atoms with Crippen LogP contribution in [0.25, 0.3) is 38.6 Å². The Morgan fingerprint density at radius 3 is 1.70 bits per heavy atom. The highest BCUT2D eigenvalue weighted by Gasteiger charge is 2.24. The lowest BCUT2D eigenvalue weighted by Gasteiger charge is -2.19. The van der Waals surface area contributed by atoms with Crippen LogP contribution in [0.2, 0.25) is 0 Å². The van der Waals surface area contributed by atoms with Crippen molar-refractivity contribution in [2.24, 2.45) is 0 Å². The van der Waals surface area contributed by atoms with Crippen LogP contribution in [-0.4, -0.2) is 59.5 Å². The van der Waals surface area contributed by atoms with Crippen LogP contribution in [0, 0.1) is 0 Å². The minimum Gasteiger partial charge on any atom is -0.310 e. The zero-order valence-corrected chi connectivity index (χ0v) is 22.1. The molecule has 1 aromatic heterocycles. The Bertz CT molecular complexity index is 1520. The van der Waals surface area contributed by atoms with Crippen molar-refractivity contribution in [1.82, 2.24) is 4.57 Å². The third kappa shape index (κ3) is 3.15. The predicted molar refractivity (Wildman–Crippen MR) is 171 cm³/mol. The highest BCUT2D eigenvalue weighted by molar-refractivity contribution is 9.10. The number of para-hydroxylation sites is 1. The van der Waals surface area contributed by atoms with E-state index >= 15 is 0 Å². The number of aromatic nitrogens is 1. The normalized spacial score (nSPS) is 11.4. The first-order valence-corrected chi connectivity index (χ1v) is 12.4. The second-order valence-corrected chi connectivity index (χ2v) is 10.1. The van der Waals surface area contributed by atoms with Crippen LogP contribution in [0.5, 0.6) is 0 Å². The first kappa shape index (κ1) is 22.4. The molecule has 33 heavy (non-hydrogen) atoms. The van der Waals surface area contributed by atoms with Gasteiger partial charge in [-0.1, -0.05) is 97.2 Å². The third-order valence-corrected chi connectivity index (χ3v) is 8.96. The monoisotopic (exact) mass is 481 g/mol. The first-order chi connectivity index (χ1) is 15.8. The fourth-order valence-electron chi connectivity index (χ4n) is 5.44. The molecule has 0 amide bonds. The minimum atomic E-state index is 1.22. The molecule has 0 aliphatic carbocycles. The fraction of sp³-hybridized carbons (Fsp3) is 0. The second kappa shape index (κ2) is 8.13. The molecule has 0 unspecified atom stereocenters. The largest absolute Gasteiger partial charge is 0.310 e. The SMILES string of the molecule is Bc1c(B)c(B)c2c(c1B)c1c(B)c(Br)c(B)c(B)c1n2-c1ccccc1-c1ccccc1. The highest BCUT2D eigenvalue weighted by Crippen LogP contribution is 2.33. The van der Waals surface area contributed by atoms with Gasteiger partial charge in [0.2, 0.25) is 0 Å². The summed E-state index contributed by atoms with van der Waals surface area (Å²) in [7, 11) is 15.9. The van der Waals surface area contributed by atoms with E-state index in [4.69, 9.17) is 0 Å².